The number of pyridine rings is 1. The number of nitrogens with zero attached hydrogens (tertiary/aromatic N) is 1. The van der Waals surface area contributed by atoms with Crippen molar-refractivity contribution in [2.45, 2.75) is 32.4 Å². The molecule has 0 atom stereocenters. The summed E-state index contributed by atoms with van der Waals surface area (Å²) < 4.78 is 38.2. The highest BCUT2D eigenvalue weighted by Gasteiger charge is 2.41. The number of nitrogens with one attached hydrogen (secondary N) is 1. The second kappa shape index (κ2) is 4.83. The highest BCUT2D eigenvalue weighted by molar-refractivity contribution is 5.95. The molecule has 3 nitrogen and oxygen atoms in total. The molecule has 1 fully saturated rings. The smallest absolute Gasteiger partial charge is 0.351 e. The predicted octanol–water partition coefficient (Wildman–Crippen LogP) is 3.02. The van der Waals surface area contributed by atoms with E-state index >= 15 is 0 Å². The topological polar surface area (TPSA) is 42.0 Å². The Kier molecular flexibility index (Phi) is 3.52. The van der Waals surface area contributed by atoms with Gasteiger partial charge in [-0.3, -0.25) is 9.78 Å². The Balaban J connectivity index is 2.11. The van der Waals surface area contributed by atoms with Gasteiger partial charge in [-0.25, -0.2) is 0 Å². The molecular formula is C13H15F3N2O. The van der Waals surface area contributed by atoms with Crippen molar-refractivity contribution in [3.8, 4) is 0 Å². The highest BCUT2D eigenvalue weighted by atomic mass is 19.4. The maximum atomic E-state index is 12.7. The molecule has 1 N–H and O–H groups in total. The molecule has 1 aliphatic rings. The molecule has 1 amide bonds. The first-order valence-corrected chi connectivity index (χ1v) is 6.17. The van der Waals surface area contributed by atoms with Crippen LogP contribution in [0.4, 0.5) is 13.2 Å². The molecule has 0 unspecified atom stereocenters. The second-order valence-electron chi connectivity index (χ2n) is 4.96. The third kappa shape index (κ3) is 3.05. The van der Waals surface area contributed by atoms with E-state index in [-0.39, 0.29) is 11.0 Å². The first kappa shape index (κ1) is 13.8. The van der Waals surface area contributed by atoms with Crippen molar-refractivity contribution in [2.24, 2.45) is 5.41 Å². The minimum atomic E-state index is -4.57. The van der Waals surface area contributed by atoms with Crippen molar-refractivity contribution >= 4 is 5.91 Å². The molecule has 0 saturated heterocycles. The third-order valence-electron chi connectivity index (χ3n) is 3.70. The summed E-state index contributed by atoms with van der Waals surface area (Å²) in [6.45, 7) is 2.45. The van der Waals surface area contributed by atoms with E-state index in [2.05, 4.69) is 10.3 Å². The lowest BCUT2D eigenvalue weighted by atomic mass is 10.0. The van der Waals surface area contributed by atoms with Gasteiger partial charge in [0.2, 0.25) is 0 Å². The Hall–Kier alpha value is -1.59. The van der Waals surface area contributed by atoms with Crippen LogP contribution in [-0.4, -0.2) is 17.4 Å². The SMILES string of the molecule is CCC1(CNC(=O)c2ccncc2C(F)(F)F)CC1. The van der Waals surface area contributed by atoms with Gasteiger partial charge in [-0.15, -0.1) is 0 Å². The summed E-state index contributed by atoms with van der Waals surface area (Å²) in [5.74, 6) is -0.686. The lowest BCUT2D eigenvalue weighted by molar-refractivity contribution is -0.138. The molecule has 1 heterocycles. The number of aromatic nitrogens is 1. The summed E-state index contributed by atoms with van der Waals surface area (Å²) in [5, 5.41) is 2.60. The Morgan fingerprint density at radius 2 is 2.16 bits per heavy atom. The van der Waals surface area contributed by atoms with Crippen LogP contribution in [0, 0.1) is 5.41 Å². The number of carbonyl (C=O) groups excluding carboxylic acids is 1. The molecule has 0 aromatic carbocycles. The van der Waals surface area contributed by atoms with E-state index in [0.717, 1.165) is 25.3 Å². The fourth-order valence-electron chi connectivity index (χ4n) is 2.01. The van der Waals surface area contributed by atoms with Gasteiger partial charge < -0.3 is 5.32 Å². The Labute approximate surface area is 109 Å². The average molecular weight is 272 g/mol. The summed E-state index contributed by atoms with van der Waals surface area (Å²) in [7, 11) is 0. The fraction of sp³-hybridized carbons (Fsp3) is 0.538. The minimum absolute atomic E-state index is 0.0983. The van der Waals surface area contributed by atoms with E-state index in [0.29, 0.717) is 12.7 Å². The van der Waals surface area contributed by atoms with Gasteiger partial charge in [0.05, 0.1) is 11.1 Å². The van der Waals surface area contributed by atoms with Gasteiger partial charge in [-0.2, -0.15) is 13.2 Å². The molecule has 6 heteroatoms. The van der Waals surface area contributed by atoms with Gasteiger partial charge in [0.15, 0.2) is 0 Å². The summed E-state index contributed by atoms with van der Waals surface area (Å²) in [4.78, 5) is 15.3. The van der Waals surface area contributed by atoms with Crippen molar-refractivity contribution in [1.82, 2.24) is 10.3 Å². The zero-order chi connectivity index (χ0) is 14.1. The van der Waals surface area contributed by atoms with E-state index in [1.807, 2.05) is 6.92 Å². The largest absolute Gasteiger partial charge is 0.418 e. The number of halogens is 3. The Morgan fingerprint density at radius 1 is 1.47 bits per heavy atom. The van der Waals surface area contributed by atoms with Crippen LogP contribution in [0.5, 0.6) is 0 Å². The van der Waals surface area contributed by atoms with Crippen LogP contribution in [0.2, 0.25) is 0 Å². The van der Waals surface area contributed by atoms with Gasteiger partial charge in [-0.1, -0.05) is 6.92 Å². The number of amides is 1. The van der Waals surface area contributed by atoms with E-state index < -0.39 is 17.6 Å². The molecule has 0 spiro atoms. The molecule has 1 aliphatic carbocycles. The van der Waals surface area contributed by atoms with Crippen LogP contribution in [0.15, 0.2) is 18.5 Å². The standard InChI is InChI=1S/C13H15F3N2O/c1-2-12(4-5-12)8-18-11(19)9-3-6-17-7-10(9)13(14,15)16/h3,6-7H,2,4-5,8H2,1H3,(H,18,19). The van der Waals surface area contributed by atoms with Crippen molar-refractivity contribution in [3.05, 3.63) is 29.6 Å². The molecule has 1 saturated carbocycles. The van der Waals surface area contributed by atoms with Crippen LogP contribution in [-0.2, 0) is 6.18 Å². The third-order valence-corrected chi connectivity index (χ3v) is 3.70. The highest BCUT2D eigenvalue weighted by Crippen LogP contribution is 2.47. The predicted molar refractivity (Wildman–Crippen MR) is 63.5 cm³/mol. The summed E-state index contributed by atoms with van der Waals surface area (Å²) in [6.07, 6.45) is 0.274. The number of carbonyl (C=O) groups is 1. The van der Waals surface area contributed by atoms with Gasteiger partial charge in [-0.05, 0) is 30.7 Å². The quantitative estimate of drug-likeness (QED) is 0.915. The maximum absolute atomic E-state index is 12.7. The molecule has 104 valence electrons. The monoisotopic (exact) mass is 272 g/mol. The minimum Gasteiger partial charge on any atom is -0.351 e. The van der Waals surface area contributed by atoms with Crippen LogP contribution in [0.3, 0.4) is 0 Å². The normalized spacial score (nSPS) is 17.1. The van der Waals surface area contributed by atoms with Crippen molar-refractivity contribution in [2.75, 3.05) is 6.54 Å². The Bertz CT molecular complexity index is 481. The molecular weight excluding hydrogens is 257 g/mol. The van der Waals surface area contributed by atoms with Crippen molar-refractivity contribution < 1.29 is 18.0 Å². The number of hydrogen-bond acceptors (Lipinski definition) is 2. The molecule has 2 rings (SSSR count). The second-order valence-corrected chi connectivity index (χ2v) is 4.96. The van der Waals surface area contributed by atoms with Crippen LogP contribution in [0.1, 0.15) is 42.1 Å². The van der Waals surface area contributed by atoms with Crippen molar-refractivity contribution in [1.29, 1.82) is 0 Å². The van der Waals surface area contributed by atoms with Crippen LogP contribution >= 0.6 is 0 Å². The first-order valence-electron chi connectivity index (χ1n) is 6.17. The number of alkyl halides is 3. The zero-order valence-electron chi connectivity index (χ0n) is 10.5. The Morgan fingerprint density at radius 3 is 2.68 bits per heavy atom. The zero-order valence-corrected chi connectivity index (χ0v) is 10.5. The average Bonchev–Trinajstić information content (AvgIpc) is 3.16. The molecule has 0 radical (unpaired) electrons. The molecule has 19 heavy (non-hydrogen) atoms. The van der Waals surface area contributed by atoms with Gasteiger partial charge in [0.1, 0.15) is 0 Å². The maximum Gasteiger partial charge on any atom is 0.418 e. The summed E-state index contributed by atoms with van der Waals surface area (Å²) in [6, 6.07) is 1.10. The molecule has 1 aromatic heterocycles. The molecule has 1 aromatic rings. The van der Waals surface area contributed by atoms with Gasteiger partial charge in [0.25, 0.3) is 5.91 Å². The van der Waals surface area contributed by atoms with E-state index in [9.17, 15) is 18.0 Å². The summed E-state index contributed by atoms with van der Waals surface area (Å²) >= 11 is 0. The first-order chi connectivity index (χ1) is 8.88. The molecule has 0 bridgehead atoms. The van der Waals surface area contributed by atoms with Gasteiger partial charge in [0, 0.05) is 18.9 Å². The van der Waals surface area contributed by atoms with Crippen LogP contribution < -0.4 is 5.32 Å². The molecule has 0 aliphatic heterocycles. The summed E-state index contributed by atoms with van der Waals surface area (Å²) in [5.41, 5.74) is -1.26. The van der Waals surface area contributed by atoms with Crippen molar-refractivity contribution in [3.63, 3.8) is 0 Å². The van der Waals surface area contributed by atoms with E-state index in [1.165, 1.54) is 6.20 Å². The van der Waals surface area contributed by atoms with Gasteiger partial charge >= 0.3 is 6.18 Å². The number of rotatable bonds is 4. The van der Waals surface area contributed by atoms with Crippen LogP contribution in [0.25, 0.3) is 0 Å². The number of hydrogen-bond donors (Lipinski definition) is 1. The lowest BCUT2D eigenvalue weighted by Gasteiger charge is -2.15. The van der Waals surface area contributed by atoms with E-state index in [1.54, 1.807) is 0 Å². The lowest BCUT2D eigenvalue weighted by Crippen LogP contribution is -2.31. The van der Waals surface area contributed by atoms with E-state index in [4.69, 9.17) is 0 Å². The fourth-order valence-corrected chi connectivity index (χ4v) is 2.01.